The van der Waals surface area contributed by atoms with Crippen LogP contribution in [0.4, 0.5) is 11.5 Å². The smallest absolute Gasteiger partial charge is 0.135 e. The first-order valence-corrected chi connectivity index (χ1v) is 6.33. The van der Waals surface area contributed by atoms with E-state index in [0.29, 0.717) is 32.5 Å². The fourth-order valence-electron chi connectivity index (χ4n) is 1.48. The third-order valence-corrected chi connectivity index (χ3v) is 3.23. The number of anilines is 2. The van der Waals surface area contributed by atoms with E-state index in [2.05, 4.69) is 15.3 Å². The van der Waals surface area contributed by atoms with Gasteiger partial charge in [0.15, 0.2) is 0 Å². The minimum Gasteiger partial charge on any atom is -0.339 e. The zero-order valence-electron chi connectivity index (χ0n) is 9.76. The summed E-state index contributed by atoms with van der Waals surface area (Å²) in [7, 11) is 0. The van der Waals surface area contributed by atoms with Crippen LogP contribution in [0.5, 0.6) is 0 Å². The summed E-state index contributed by atoms with van der Waals surface area (Å²) in [4.78, 5) is 8.20. The van der Waals surface area contributed by atoms with Crippen LogP contribution >= 0.6 is 34.8 Å². The Balaban J connectivity index is 2.36. The standard InChI is InChI=1S/C12H10Cl3N3/c1-6-3-9(14)10(4-8(6)13)18-12-5-11(15)16-7(2)17-12/h3-5H,1-2H3,(H,16,17,18). The lowest BCUT2D eigenvalue weighted by Gasteiger charge is -2.10. The quantitative estimate of drug-likeness (QED) is 0.810. The zero-order chi connectivity index (χ0) is 13.3. The number of aromatic nitrogens is 2. The first-order valence-electron chi connectivity index (χ1n) is 5.19. The molecule has 0 bridgehead atoms. The number of aryl methyl sites for hydroxylation is 2. The van der Waals surface area contributed by atoms with E-state index in [4.69, 9.17) is 34.8 Å². The number of rotatable bonds is 2. The largest absolute Gasteiger partial charge is 0.339 e. The van der Waals surface area contributed by atoms with Gasteiger partial charge in [0, 0.05) is 11.1 Å². The second kappa shape index (κ2) is 5.31. The van der Waals surface area contributed by atoms with Gasteiger partial charge in [0.25, 0.3) is 0 Å². The molecule has 1 N–H and O–H groups in total. The predicted molar refractivity (Wildman–Crippen MR) is 76.3 cm³/mol. The van der Waals surface area contributed by atoms with Crippen LogP contribution in [-0.4, -0.2) is 9.97 Å². The van der Waals surface area contributed by atoms with E-state index >= 15 is 0 Å². The maximum absolute atomic E-state index is 6.13. The highest BCUT2D eigenvalue weighted by molar-refractivity contribution is 6.36. The third-order valence-electron chi connectivity index (χ3n) is 2.32. The highest BCUT2D eigenvalue weighted by atomic mass is 35.5. The molecule has 0 unspecified atom stereocenters. The average Bonchev–Trinajstić information content (AvgIpc) is 2.24. The highest BCUT2D eigenvalue weighted by Crippen LogP contribution is 2.30. The maximum atomic E-state index is 6.13. The monoisotopic (exact) mass is 301 g/mol. The lowest BCUT2D eigenvalue weighted by atomic mass is 10.2. The van der Waals surface area contributed by atoms with Gasteiger partial charge in [-0.3, -0.25) is 0 Å². The van der Waals surface area contributed by atoms with Gasteiger partial charge in [-0.1, -0.05) is 34.8 Å². The number of hydrogen-bond donors (Lipinski definition) is 1. The Morgan fingerprint density at radius 1 is 0.944 bits per heavy atom. The Morgan fingerprint density at radius 2 is 1.67 bits per heavy atom. The molecule has 1 aromatic carbocycles. The topological polar surface area (TPSA) is 37.8 Å². The van der Waals surface area contributed by atoms with Crippen molar-refractivity contribution in [1.29, 1.82) is 0 Å². The van der Waals surface area contributed by atoms with Crippen LogP contribution in [0.15, 0.2) is 18.2 Å². The molecule has 0 radical (unpaired) electrons. The van der Waals surface area contributed by atoms with Gasteiger partial charge in [0.2, 0.25) is 0 Å². The average molecular weight is 303 g/mol. The van der Waals surface area contributed by atoms with Crippen molar-refractivity contribution in [3.05, 3.63) is 44.8 Å². The molecule has 0 aliphatic carbocycles. The van der Waals surface area contributed by atoms with E-state index in [1.165, 1.54) is 0 Å². The first kappa shape index (κ1) is 13.4. The third kappa shape index (κ3) is 3.05. The van der Waals surface area contributed by atoms with Crippen molar-refractivity contribution in [3.8, 4) is 0 Å². The molecule has 18 heavy (non-hydrogen) atoms. The van der Waals surface area contributed by atoms with Crippen LogP contribution in [0.3, 0.4) is 0 Å². The van der Waals surface area contributed by atoms with E-state index in [1.807, 2.05) is 6.92 Å². The first-order chi connectivity index (χ1) is 8.45. The van der Waals surface area contributed by atoms with Gasteiger partial charge in [0.1, 0.15) is 16.8 Å². The second-order valence-electron chi connectivity index (χ2n) is 3.83. The van der Waals surface area contributed by atoms with Crippen molar-refractivity contribution in [3.63, 3.8) is 0 Å². The van der Waals surface area contributed by atoms with E-state index in [-0.39, 0.29) is 0 Å². The minimum atomic E-state index is 0.374. The normalized spacial score (nSPS) is 10.5. The van der Waals surface area contributed by atoms with E-state index in [0.717, 1.165) is 5.56 Å². The van der Waals surface area contributed by atoms with E-state index in [1.54, 1.807) is 25.1 Å². The minimum absolute atomic E-state index is 0.374. The molecule has 0 fully saturated rings. The van der Waals surface area contributed by atoms with Crippen molar-refractivity contribution in [2.75, 3.05) is 5.32 Å². The Hall–Kier alpha value is -1.03. The summed E-state index contributed by atoms with van der Waals surface area (Å²) in [5, 5.41) is 4.66. The molecule has 1 aromatic heterocycles. The van der Waals surface area contributed by atoms with Crippen LogP contribution in [0.1, 0.15) is 11.4 Å². The number of nitrogens with one attached hydrogen (secondary N) is 1. The highest BCUT2D eigenvalue weighted by Gasteiger charge is 2.07. The Morgan fingerprint density at radius 3 is 2.33 bits per heavy atom. The molecule has 0 atom stereocenters. The number of hydrogen-bond acceptors (Lipinski definition) is 3. The van der Waals surface area contributed by atoms with Gasteiger partial charge >= 0.3 is 0 Å². The molecule has 0 aliphatic rings. The number of halogens is 3. The molecule has 94 valence electrons. The lowest BCUT2D eigenvalue weighted by molar-refractivity contribution is 1.06. The number of nitrogens with zero attached hydrogens (tertiary/aromatic N) is 2. The van der Waals surface area contributed by atoms with Crippen LogP contribution in [0.2, 0.25) is 15.2 Å². The summed E-state index contributed by atoms with van der Waals surface area (Å²) in [6.07, 6.45) is 0. The van der Waals surface area contributed by atoms with E-state index < -0.39 is 0 Å². The lowest BCUT2D eigenvalue weighted by Crippen LogP contribution is -1.98. The Kier molecular flexibility index (Phi) is 3.95. The van der Waals surface area contributed by atoms with Crippen molar-refractivity contribution >= 4 is 46.3 Å². The van der Waals surface area contributed by atoms with Gasteiger partial charge in [-0.2, -0.15) is 0 Å². The van der Waals surface area contributed by atoms with E-state index in [9.17, 15) is 0 Å². The molecule has 2 aromatic rings. The van der Waals surface area contributed by atoms with Crippen molar-refractivity contribution < 1.29 is 0 Å². The SMILES string of the molecule is Cc1nc(Cl)cc(Nc2cc(Cl)c(C)cc2Cl)n1. The van der Waals surface area contributed by atoms with Gasteiger partial charge in [0.05, 0.1) is 10.7 Å². The molecule has 0 amide bonds. The second-order valence-corrected chi connectivity index (χ2v) is 5.03. The molecule has 2 rings (SSSR count). The molecule has 3 nitrogen and oxygen atoms in total. The molecule has 0 spiro atoms. The molecular formula is C12H10Cl3N3. The summed E-state index contributed by atoms with van der Waals surface area (Å²) in [6, 6.07) is 5.17. The summed E-state index contributed by atoms with van der Waals surface area (Å²) < 4.78 is 0. The fourth-order valence-corrected chi connectivity index (χ4v) is 2.13. The van der Waals surface area contributed by atoms with Crippen molar-refractivity contribution in [1.82, 2.24) is 9.97 Å². The summed E-state index contributed by atoms with van der Waals surface area (Å²) in [5.74, 6) is 1.16. The Labute approximate surface area is 120 Å². The molecular weight excluding hydrogens is 293 g/mol. The van der Waals surface area contributed by atoms with Gasteiger partial charge in [-0.05, 0) is 31.5 Å². The van der Waals surface area contributed by atoms with Crippen molar-refractivity contribution in [2.45, 2.75) is 13.8 Å². The van der Waals surface area contributed by atoms with Gasteiger partial charge in [-0.15, -0.1) is 0 Å². The summed E-state index contributed by atoms with van der Waals surface area (Å²) in [6.45, 7) is 3.66. The van der Waals surface area contributed by atoms with Gasteiger partial charge < -0.3 is 5.32 Å². The van der Waals surface area contributed by atoms with Crippen LogP contribution in [0.25, 0.3) is 0 Å². The zero-order valence-corrected chi connectivity index (χ0v) is 12.0. The van der Waals surface area contributed by atoms with Crippen LogP contribution < -0.4 is 5.32 Å². The molecule has 0 aliphatic heterocycles. The predicted octanol–water partition coefficient (Wildman–Crippen LogP) is 4.80. The fraction of sp³-hybridized carbons (Fsp3) is 0.167. The maximum Gasteiger partial charge on any atom is 0.135 e. The molecule has 6 heteroatoms. The molecule has 0 saturated carbocycles. The summed E-state index contributed by atoms with van der Waals surface area (Å²) >= 11 is 18.1. The molecule has 1 heterocycles. The molecule has 0 saturated heterocycles. The summed E-state index contributed by atoms with van der Waals surface area (Å²) in [5.41, 5.74) is 1.60. The van der Waals surface area contributed by atoms with Gasteiger partial charge in [-0.25, -0.2) is 9.97 Å². The van der Waals surface area contributed by atoms with Crippen LogP contribution in [-0.2, 0) is 0 Å². The van der Waals surface area contributed by atoms with Crippen LogP contribution in [0, 0.1) is 13.8 Å². The number of benzene rings is 1. The Bertz CT molecular complexity index is 579. The van der Waals surface area contributed by atoms with Crippen molar-refractivity contribution in [2.24, 2.45) is 0 Å².